The fourth-order valence-corrected chi connectivity index (χ4v) is 3.80. The van der Waals surface area contributed by atoms with Crippen molar-refractivity contribution in [3.63, 3.8) is 0 Å². The Morgan fingerprint density at radius 3 is 2.64 bits per heavy atom. The highest BCUT2D eigenvalue weighted by Gasteiger charge is 2.21. The van der Waals surface area contributed by atoms with Crippen LogP contribution in [-0.4, -0.2) is 40.4 Å². The van der Waals surface area contributed by atoms with Crippen molar-refractivity contribution in [3.8, 4) is 17.3 Å². The number of pyridine rings is 1. The molecule has 0 saturated carbocycles. The summed E-state index contributed by atoms with van der Waals surface area (Å²) in [7, 11) is -0.731. The smallest absolute Gasteiger partial charge is 0.276 e. The summed E-state index contributed by atoms with van der Waals surface area (Å²) in [5.41, 5.74) is 1.29. The Morgan fingerprint density at radius 2 is 2.00 bits per heavy atom. The fourth-order valence-electron chi connectivity index (χ4n) is 2.78. The third-order valence-electron chi connectivity index (χ3n) is 4.11. The Bertz CT molecular complexity index is 1260. The minimum Gasteiger partial charge on any atom is -0.494 e. The summed E-state index contributed by atoms with van der Waals surface area (Å²) >= 11 is 0. The van der Waals surface area contributed by atoms with E-state index in [-0.39, 0.29) is 10.8 Å². The third-order valence-corrected chi connectivity index (χ3v) is 5.45. The van der Waals surface area contributed by atoms with Gasteiger partial charge in [0.05, 0.1) is 18.8 Å². The number of sulfonamides is 1. The molecule has 0 radical (unpaired) electrons. The first-order valence-electron chi connectivity index (χ1n) is 8.17. The molecule has 10 nitrogen and oxygen atoms in total. The number of aryl methyl sites for hydroxylation is 2. The molecule has 0 unspecified atom stereocenters. The first-order valence-corrected chi connectivity index (χ1v) is 9.65. The van der Waals surface area contributed by atoms with Crippen molar-refractivity contribution in [2.45, 2.75) is 11.8 Å². The van der Waals surface area contributed by atoms with E-state index in [1.54, 1.807) is 30.9 Å². The lowest BCUT2D eigenvalue weighted by atomic mass is 10.2. The van der Waals surface area contributed by atoms with Crippen LogP contribution in [0, 0.1) is 6.92 Å². The molecule has 4 aromatic rings. The van der Waals surface area contributed by atoms with Crippen LogP contribution in [0.5, 0.6) is 5.75 Å². The first-order chi connectivity index (χ1) is 13.4. The van der Waals surface area contributed by atoms with E-state index in [0.717, 1.165) is 5.39 Å². The number of ether oxygens (including phenoxy) is 1. The Labute approximate surface area is 160 Å². The number of nitrogens with one attached hydrogen (secondary N) is 1. The summed E-state index contributed by atoms with van der Waals surface area (Å²) in [6.07, 6.45) is 2.88. The molecule has 0 aliphatic carbocycles. The summed E-state index contributed by atoms with van der Waals surface area (Å²) in [6, 6.07) is 6.41. The summed E-state index contributed by atoms with van der Waals surface area (Å²) in [4.78, 5) is 8.17. The average molecular weight is 400 g/mol. The van der Waals surface area contributed by atoms with E-state index in [9.17, 15) is 8.42 Å². The molecule has 0 amide bonds. The van der Waals surface area contributed by atoms with Crippen LogP contribution in [0.1, 0.15) is 5.82 Å². The van der Waals surface area contributed by atoms with Crippen molar-refractivity contribution >= 4 is 26.6 Å². The van der Waals surface area contributed by atoms with E-state index >= 15 is 0 Å². The molecule has 0 aliphatic heterocycles. The monoisotopic (exact) mass is 400 g/mol. The van der Waals surface area contributed by atoms with Crippen LogP contribution in [0.3, 0.4) is 0 Å². The predicted octanol–water partition coefficient (Wildman–Crippen LogP) is 2.14. The molecule has 144 valence electrons. The molecule has 1 N–H and O–H groups in total. The second kappa shape index (κ2) is 6.60. The molecule has 3 aromatic heterocycles. The summed E-state index contributed by atoms with van der Waals surface area (Å²) < 4.78 is 40.3. The maximum atomic E-state index is 12.9. The zero-order valence-electron chi connectivity index (χ0n) is 15.2. The Balaban J connectivity index is 1.72. The van der Waals surface area contributed by atoms with Gasteiger partial charge in [0.1, 0.15) is 22.0 Å². The number of methoxy groups -OCH3 is 1. The van der Waals surface area contributed by atoms with E-state index in [2.05, 4.69) is 24.9 Å². The van der Waals surface area contributed by atoms with E-state index < -0.39 is 10.0 Å². The molecule has 0 saturated heterocycles. The van der Waals surface area contributed by atoms with Crippen LogP contribution in [0.2, 0.25) is 0 Å². The number of rotatable bonds is 5. The van der Waals surface area contributed by atoms with E-state index in [4.69, 9.17) is 9.26 Å². The standard InChI is InChI=1S/C17H16N6O4S/c1-10-20-17(27-21-10)13-6-5-12(9-18-13)28(24,25)22-15-14(26-3)7-4-11-8-19-23(2)16(11)15/h4-9,22H,1-3H3. The summed E-state index contributed by atoms with van der Waals surface area (Å²) in [5, 5.41) is 8.64. The number of hydrogen-bond donors (Lipinski definition) is 1. The lowest BCUT2D eigenvalue weighted by molar-refractivity contribution is 0.417. The second-order valence-electron chi connectivity index (χ2n) is 5.98. The second-order valence-corrected chi connectivity index (χ2v) is 7.66. The van der Waals surface area contributed by atoms with Gasteiger partial charge in [-0.2, -0.15) is 10.1 Å². The van der Waals surface area contributed by atoms with Crippen molar-refractivity contribution in [3.05, 3.63) is 42.5 Å². The van der Waals surface area contributed by atoms with E-state index in [1.807, 2.05) is 6.07 Å². The quantitative estimate of drug-likeness (QED) is 0.540. The maximum Gasteiger partial charge on any atom is 0.276 e. The molecule has 4 rings (SSSR count). The highest BCUT2D eigenvalue weighted by Crippen LogP contribution is 2.34. The molecule has 3 heterocycles. The van der Waals surface area contributed by atoms with Crippen molar-refractivity contribution in [2.24, 2.45) is 7.05 Å². The molecule has 0 bridgehead atoms. The molecule has 0 spiro atoms. The van der Waals surface area contributed by atoms with Crippen LogP contribution in [0.25, 0.3) is 22.5 Å². The van der Waals surface area contributed by atoms with Gasteiger partial charge in [0.2, 0.25) is 0 Å². The molecular formula is C17H16N6O4S. The summed E-state index contributed by atoms with van der Waals surface area (Å²) in [5.74, 6) is 1.06. The largest absolute Gasteiger partial charge is 0.494 e. The number of benzene rings is 1. The normalized spacial score (nSPS) is 11.7. The van der Waals surface area contributed by atoms with Gasteiger partial charge < -0.3 is 9.26 Å². The van der Waals surface area contributed by atoms with Crippen LogP contribution in [0.4, 0.5) is 5.69 Å². The maximum absolute atomic E-state index is 12.9. The van der Waals surface area contributed by atoms with Crippen molar-refractivity contribution < 1.29 is 17.7 Å². The van der Waals surface area contributed by atoms with Gasteiger partial charge >= 0.3 is 0 Å². The van der Waals surface area contributed by atoms with Crippen LogP contribution >= 0.6 is 0 Å². The molecule has 1 aromatic carbocycles. The van der Waals surface area contributed by atoms with Crippen LogP contribution in [0.15, 0.2) is 46.1 Å². The number of aromatic nitrogens is 5. The van der Waals surface area contributed by atoms with Gasteiger partial charge in [0.25, 0.3) is 15.9 Å². The average Bonchev–Trinajstić information content (AvgIpc) is 3.28. The molecule has 0 atom stereocenters. The zero-order valence-corrected chi connectivity index (χ0v) is 16.1. The number of nitrogens with zero attached hydrogens (tertiary/aromatic N) is 5. The zero-order chi connectivity index (χ0) is 19.9. The molecule has 0 fully saturated rings. The Kier molecular flexibility index (Phi) is 4.23. The molecule has 11 heteroatoms. The molecule has 0 aliphatic rings. The number of hydrogen-bond acceptors (Lipinski definition) is 8. The fraction of sp³-hybridized carbons (Fsp3) is 0.176. The van der Waals surface area contributed by atoms with Gasteiger partial charge in [0, 0.05) is 18.6 Å². The Hall–Kier alpha value is -3.47. The lowest BCUT2D eigenvalue weighted by Gasteiger charge is -2.13. The number of anilines is 1. The van der Waals surface area contributed by atoms with Crippen molar-refractivity contribution in [2.75, 3.05) is 11.8 Å². The first kappa shape index (κ1) is 17.9. The van der Waals surface area contributed by atoms with Gasteiger partial charge in [-0.1, -0.05) is 5.16 Å². The Morgan fingerprint density at radius 1 is 1.18 bits per heavy atom. The third kappa shape index (κ3) is 3.05. The predicted molar refractivity (Wildman–Crippen MR) is 100 cm³/mol. The van der Waals surface area contributed by atoms with Gasteiger partial charge in [-0.15, -0.1) is 0 Å². The van der Waals surface area contributed by atoms with Crippen molar-refractivity contribution in [1.82, 2.24) is 24.9 Å². The molecular weight excluding hydrogens is 384 g/mol. The van der Waals surface area contributed by atoms with E-state index in [0.29, 0.717) is 28.5 Å². The number of fused-ring (bicyclic) bond motifs is 1. The van der Waals surface area contributed by atoms with Crippen LogP contribution in [-0.2, 0) is 17.1 Å². The van der Waals surface area contributed by atoms with Gasteiger partial charge in [-0.05, 0) is 31.2 Å². The minimum atomic E-state index is -3.93. The van der Waals surface area contributed by atoms with Gasteiger partial charge in [-0.3, -0.25) is 9.40 Å². The van der Waals surface area contributed by atoms with E-state index in [1.165, 1.54) is 25.4 Å². The highest BCUT2D eigenvalue weighted by molar-refractivity contribution is 7.92. The lowest BCUT2D eigenvalue weighted by Crippen LogP contribution is -2.15. The minimum absolute atomic E-state index is 0.0197. The van der Waals surface area contributed by atoms with Gasteiger partial charge in [-0.25, -0.2) is 13.4 Å². The molecule has 28 heavy (non-hydrogen) atoms. The van der Waals surface area contributed by atoms with Gasteiger partial charge in [0.15, 0.2) is 5.82 Å². The van der Waals surface area contributed by atoms with Crippen LogP contribution < -0.4 is 9.46 Å². The topological polar surface area (TPSA) is 125 Å². The van der Waals surface area contributed by atoms with Crippen molar-refractivity contribution in [1.29, 1.82) is 0 Å². The SMILES string of the molecule is COc1ccc2cnn(C)c2c1NS(=O)(=O)c1ccc(-c2nc(C)no2)nc1. The highest BCUT2D eigenvalue weighted by atomic mass is 32.2. The summed E-state index contributed by atoms with van der Waals surface area (Å²) in [6.45, 7) is 1.68.